The maximum atomic E-state index is 12.2. The van der Waals surface area contributed by atoms with Crippen molar-refractivity contribution in [1.82, 2.24) is 25.0 Å². The van der Waals surface area contributed by atoms with Gasteiger partial charge in [-0.2, -0.15) is 5.10 Å². The molecule has 0 unspecified atom stereocenters. The Kier molecular flexibility index (Phi) is 5.02. The second kappa shape index (κ2) is 7.75. The average molecular weight is 365 g/mol. The molecular formula is C20H23N5O2. The van der Waals surface area contributed by atoms with Gasteiger partial charge in [-0.05, 0) is 43.7 Å². The smallest absolute Gasteiger partial charge is 0.252 e. The molecule has 1 aliphatic rings. The molecule has 0 spiro atoms. The fourth-order valence-corrected chi connectivity index (χ4v) is 3.54. The van der Waals surface area contributed by atoms with Gasteiger partial charge in [0, 0.05) is 38.2 Å². The van der Waals surface area contributed by atoms with E-state index in [2.05, 4.69) is 31.0 Å². The van der Waals surface area contributed by atoms with Gasteiger partial charge in [0.05, 0.1) is 23.8 Å². The van der Waals surface area contributed by atoms with E-state index in [0.29, 0.717) is 12.1 Å². The summed E-state index contributed by atoms with van der Waals surface area (Å²) in [4.78, 5) is 18.5. The Bertz CT molecular complexity index is 902. The highest BCUT2D eigenvalue weighted by Gasteiger charge is 2.26. The Morgan fingerprint density at radius 2 is 2.22 bits per heavy atom. The van der Waals surface area contributed by atoms with Crippen LogP contribution in [0.2, 0.25) is 0 Å². The molecule has 1 atom stereocenters. The van der Waals surface area contributed by atoms with E-state index in [-0.39, 0.29) is 11.9 Å². The van der Waals surface area contributed by atoms with Gasteiger partial charge in [0.25, 0.3) is 5.91 Å². The van der Waals surface area contributed by atoms with Gasteiger partial charge in [0.1, 0.15) is 11.5 Å². The average Bonchev–Trinajstić information content (AvgIpc) is 3.31. The third-order valence-electron chi connectivity index (χ3n) is 4.81. The number of carbonyl (C=O) groups excluding carboxylic acids is 1. The molecule has 140 valence electrons. The number of nitrogens with zero attached hydrogens (tertiary/aromatic N) is 4. The lowest BCUT2D eigenvalue weighted by Gasteiger charge is -2.33. The second-order valence-electron chi connectivity index (χ2n) is 6.89. The largest absolute Gasteiger partial charge is 0.465 e. The normalized spacial score (nSPS) is 16.9. The van der Waals surface area contributed by atoms with Crippen LogP contribution in [0, 0.1) is 6.92 Å². The first-order valence-corrected chi connectivity index (χ1v) is 9.17. The molecule has 4 heterocycles. The molecule has 0 radical (unpaired) electrons. The summed E-state index contributed by atoms with van der Waals surface area (Å²) < 4.78 is 7.81. The lowest BCUT2D eigenvalue weighted by molar-refractivity contribution is 0.0946. The molecule has 0 saturated carbocycles. The minimum absolute atomic E-state index is 0.0949. The Morgan fingerprint density at radius 1 is 1.30 bits per heavy atom. The highest BCUT2D eigenvalue weighted by atomic mass is 16.3. The minimum atomic E-state index is -0.0949. The molecule has 7 nitrogen and oxygen atoms in total. The molecule has 0 bridgehead atoms. The van der Waals surface area contributed by atoms with Crippen LogP contribution in [0.5, 0.6) is 0 Å². The number of fused-ring (bicyclic) bond motifs is 1. The van der Waals surface area contributed by atoms with Crippen molar-refractivity contribution in [2.75, 3.05) is 13.1 Å². The zero-order valence-electron chi connectivity index (χ0n) is 15.3. The number of amides is 1. The van der Waals surface area contributed by atoms with Crippen LogP contribution in [0.25, 0.3) is 0 Å². The van der Waals surface area contributed by atoms with Gasteiger partial charge < -0.3 is 9.73 Å². The maximum Gasteiger partial charge on any atom is 0.252 e. The first-order valence-electron chi connectivity index (χ1n) is 9.17. The Morgan fingerprint density at radius 3 is 3.00 bits per heavy atom. The molecule has 0 aromatic carbocycles. The van der Waals surface area contributed by atoms with Gasteiger partial charge in [-0.15, -0.1) is 0 Å². The molecular weight excluding hydrogens is 342 g/mol. The number of hydrogen-bond donors (Lipinski definition) is 1. The summed E-state index contributed by atoms with van der Waals surface area (Å²) >= 11 is 0. The van der Waals surface area contributed by atoms with Crippen LogP contribution in [-0.2, 0) is 13.1 Å². The van der Waals surface area contributed by atoms with Crippen molar-refractivity contribution in [1.29, 1.82) is 0 Å². The molecule has 1 aliphatic heterocycles. The maximum absolute atomic E-state index is 12.2. The molecule has 4 rings (SSSR count). The van der Waals surface area contributed by atoms with Crippen LogP contribution in [0.15, 0.2) is 53.3 Å². The first-order chi connectivity index (χ1) is 13.2. The molecule has 0 saturated heterocycles. The molecule has 0 fully saturated rings. The zero-order chi connectivity index (χ0) is 18.6. The lowest BCUT2D eigenvalue weighted by Crippen LogP contribution is -2.38. The predicted molar refractivity (Wildman–Crippen MR) is 100 cm³/mol. The number of carbonyl (C=O) groups is 1. The van der Waals surface area contributed by atoms with Gasteiger partial charge >= 0.3 is 0 Å². The van der Waals surface area contributed by atoms with E-state index < -0.39 is 0 Å². The quantitative estimate of drug-likeness (QED) is 0.726. The van der Waals surface area contributed by atoms with E-state index in [0.717, 1.165) is 37.6 Å². The van der Waals surface area contributed by atoms with Crippen molar-refractivity contribution in [3.63, 3.8) is 0 Å². The first kappa shape index (κ1) is 17.5. The fourth-order valence-electron chi connectivity index (χ4n) is 3.54. The second-order valence-corrected chi connectivity index (χ2v) is 6.89. The van der Waals surface area contributed by atoms with Gasteiger partial charge in [0.15, 0.2) is 0 Å². The fraction of sp³-hybridized carbons (Fsp3) is 0.350. The highest BCUT2D eigenvalue weighted by Crippen LogP contribution is 2.24. The van der Waals surface area contributed by atoms with E-state index in [1.54, 1.807) is 24.5 Å². The summed E-state index contributed by atoms with van der Waals surface area (Å²) in [5.41, 5.74) is 1.77. The standard InChI is InChI=1S/C20H23N5O2/c1-15-4-5-19(27-15)14-24-12-17(25-18(13-24)7-10-23-25)6-9-22-20(26)16-3-2-8-21-11-16/h2-5,7-8,10-11,17H,6,9,12-14H2,1H3,(H,22,26)/t17-/m0/s1. The number of rotatable bonds is 6. The van der Waals surface area contributed by atoms with Crippen molar-refractivity contribution in [2.45, 2.75) is 32.5 Å². The van der Waals surface area contributed by atoms with Gasteiger partial charge in [-0.25, -0.2) is 0 Å². The Hall–Kier alpha value is -2.93. The Labute approximate surface area is 158 Å². The van der Waals surface area contributed by atoms with E-state index in [1.807, 2.05) is 25.3 Å². The highest BCUT2D eigenvalue weighted by molar-refractivity contribution is 5.93. The molecule has 7 heteroatoms. The van der Waals surface area contributed by atoms with Gasteiger partial charge in [0.2, 0.25) is 0 Å². The van der Waals surface area contributed by atoms with Crippen LogP contribution >= 0.6 is 0 Å². The summed E-state index contributed by atoms with van der Waals surface area (Å²) in [6.45, 7) is 5.04. The summed E-state index contributed by atoms with van der Waals surface area (Å²) in [5, 5.41) is 7.46. The van der Waals surface area contributed by atoms with E-state index in [4.69, 9.17) is 4.42 Å². The zero-order valence-corrected chi connectivity index (χ0v) is 15.3. The van der Waals surface area contributed by atoms with Crippen molar-refractivity contribution in [3.8, 4) is 0 Å². The van der Waals surface area contributed by atoms with Crippen LogP contribution in [-0.4, -0.2) is 38.7 Å². The molecule has 3 aromatic heterocycles. The number of hydrogen-bond acceptors (Lipinski definition) is 5. The van der Waals surface area contributed by atoms with Gasteiger partial charge in [-0.3, -0.25) is 19.4 Å². The van der Waals surface area contributed by atoms with Crippen LogP contribution in [0.4, 0.5) is 0 Å². The van der Waals surface area contributed by atoms with Crippen molar-refractivity contribution in [3.05, 3.63) is 71.7 Å². The molecule has 0 aliphatic carbocycles. The van der Waals surface area contributed by atoms with Crippen LogP contribution in [0.3, 0.4) is 0 Å². The Balaban J connectivity index is 1.37. The minimum Gasteiger partial charge on any atom is -0.465 e. The number of aryl methyl sites for hydroxylation is 1. The van der Waals surface area contributed by atoms with E-state index >= 15 is 0 Å². The van der Waals surface area contributed by atoms with Crippen LogP contribution < -0.4 is 5.32 Å². The van der Waals surface area contributed by atoms with E-state index in [1.165, 1.54) is 5.69 Å². The summed E-state index contributed by atoms with van der Waals surface area (Å²) in [5.74, 6) is 1.81. The van der Waals surface area contributed by atoms with Crippen molar-refractivity contribution in [2.24, 2.45) is 0 Å². The van der Waals surface area contributed by atoms with E-state index in [9.17, 15) is 4.79 Å². The number of nitrogens with one attached hydrogen (secondary N) is 1. The van der Waals surface area contributed by atoms with Gasteiger partial charge in [-0.1, -0.05) is 0 Å². The van der Waals surface area contributed by atoms with Crippen LogP contribution in [0.1, 0.15) is 40.0 Å². The number of aromatic nitrogens is 3. The molecule has 1 N–H and O–H groups in total. The van der Waals surface area contributed by atoms with Crippen molar-refractivity contribution < 1.29 is 9.21 Å². The van der Waals surface area contributed by atoms with Crippen molar-refractivity contribution >= 4 is 5.91 Å². The third-order valence-corrected chi connectivity index (χ3v) is 4.81. The SMILES string of the molecule is Cc1ccc(CN2Cc3ccnn3[C@@H](CCNC(=O)c3cccnc3)C2)o1. The predicted octanol–water partition coefficient (Wildman–Crippen LogP) is 2.56. The monoisotopic (exact) mass is 365 g/mol. The summed E-state index contributed by atoms with van der Waals surface area (Å²) in [6, 6.07) is 9.83. The molecule has 3 aromatic rings. The third kappa shape index (κ3) is 4.09. The number of pyridine rings is 1. The summed E-state index contributed by atoms with van der Waals surface area (Å²) in [6.07, 6.45) is 5.90. The molecule has 1 amide bonds. The topological polar surface area (TPSA) is 76.2 Å². The summed E-state index contributed by atoms with van der Waals surface area (Å²) in [7, 11) is 0. The molecule has 27 heavy (non-hydrogen) atoms. The number of furan rings is 1. The lowest BCUT2D eigenvalue weighted by atomic mass is 10.1.